The molecule has 0 saturated heterocycles. The van der Waals surface area contributed by atoms with Crippen molar-refractivity contribution < 1.29 is 52.2 Å². The fraction of sp³-hybridized carbons (Fsp3) is 0.115. The van der Waals surface area contributed by atoms with Crippen LogP contribution in [0.5, 0.6) is 28.7 Å². The van der Waals surface area contributed by atoms with Gasteiger partial charge in [0.05, 0.1) is 53.5 Å². The van der Waals surface area contributed by atoms with E-state index in [1.54, 1.807) is 128 Å². The van der Waals surface area contributed by atoms with Crippen LogP contribution < -0.4 is 10.6 Å². The molecule has 756 valence electrons. The molecule has 36 heteroatoms. The first-order chi connectivity index (χ1) is 71.0. The standard InChI is InChI=1S/C23H17Cl3N2O.C23H14Cl2F4N2O.C23H19Cl2N3O.C22H14Cl4N2O.C22H16Cl2FN3O.FH/c1-13-9-16(25)12-28-21(13)11-19(17-7-5-15(24)10-20(17)26)18-6-4-14-3-2-8-27-22(14)23(18)29;24-14-4-6-15(18(25)9-14)17(10-20-19(26)8-13(11-31-20)23(27,28)29)16-5-3-12-2-1-7-30-21(12)22(16)32;1-2-14-12-18(25)13-27-23(14)28-20(16-5-8-17(24)9-6-16)19-10-7-15-4-3-11-26-21(15)22(19)29;23-13-4-6-15(18(24)8-13)17(9-14-10-19(25)20(26)11-28-14)16-5-3-12-2-1-7-27-21(12)22(16)29;1-12-9-15(23)11-27-22(12)28-19(14-5-7-17(24)18(25)10-14)16-6-4-13-3-2-8-26-20(13)21(16)29;/h2-10,12,19,29H,11H2,1H3;1-9,11,17,32H,10H2;3-13,20,29H,2H2,1H3,(H,27,28);1-8,10-11,17,29H,9H2;2-11,19,29H,1H3,(H,27,28);1H. The predicted octanol–water partition coefficient (Wildman–Crippen LogP) is 34.3. The highest BCUT2D eigenvalue weighted by Crippen LogP contribution is 2.48. The van der Waals surface area contributed by atoms with Crippen molar-refractivity contribution in [2.75, 3.05) is 10.6 Å². The molecule has 0 saturated carbocycles. The molecule has 10 heterocycles. The van der Waals surface area contributed by atoms with Crippen LogP contribution >= 0.6 is 151 Å². The Morgan fingerprint density at radius 1 is 0.295 bits per heavy atom. The summed E-state index contributed by atoms with van der Waals surface area (Å²) in [5.41, 5.74) is 12.2. The summed E-state index contributed by atoms with van der Waals surface area (Å²) in [7, 11) is 0. The summed E-state index contributed by atoms with van der Waals surface area (Å²) < 4.78 is 67.5. The largest absolute Gasteiger partial charge is 0.505 e. The lowest BCUT2D eigenvalue weighted by Gasteiger charge is -2.23. The summed E-state index contributed by atoms with van der Waals surface area (Å²) in [6.45, 7) is 5.88. The van der Waals surface area contributed by atoms with E-state index in [0.717, 1.165) is 84.1 Å². The van der Waals surface area contributed by atoms with E-state index in [0.29, 0.717) is 153 Å². The zero-order valence-corrected chi connectivity index (χ0v) is 87.9. The molecule has 149 heavy (non-hydrogen) atoms. The molecule has 17 nitrogen and oxygen atoms in total. The van der Waals surface area contributed by atoms with Crippen LogP contribution in [0, 0.1) is 25.5 Å². The number of nitrogens with zero attached hydrogens (tertiary/aromatic N) is 10. The molecule has 5 atom stereocenters. The highest BCUT2D eigenvalue weighted by Gasteiger charge is 2.35. The lowest BCUT2D eigenvalue weighted by atomic mass is 9.85. The number of benzene rings is 10. The summed E-state index contributed by atoms with van der Waals surface area (Å²) in [4.78, 5) is 42.9. The Kier molecular flexibility index (Phi) is 36.3. The van der Waals surface area contributed by atoms with Gasteiger partial charge < -0.3 is 36.2 Å². The zero-order valence-electron chi connectivity index (χ0n) is 78.1. The highest BCUT2D eigenvalue weighted by molar-refractivity contribution is 6.42. The van der Waals surface area contributed by atoms with E-state index >= 15 is 0 Å². The lowest BCUT2D eigenvalue weighted by Crippen LogP contribution is -2.15. The van der Waals surface area contributed by atoms with Gasteiger partial charge in [0.1, 0.15) is 79.6 Å². The molecule has 10 aromatic carbocycles. The first-order valence-electron chi connectivity index (χ1n) is 45.3. The number of fused-ring (bicyclic) bond motifs is 5. The van der Waals surface area contributed by atoms with Crippen molar-refractivity contribution in [3.05, 3.63) is 483 Å². The Labute approximate surface area is 915 Å². The minimum atomic E-state index is -4.71. The van der Waals surface area contributed by atoms with Crippen LogP contribution in [-0.2, 0) is 31.9 Å². The molecule has 0 aliphatic heterocycles. The number of aromatic hydroxyl groups is 5. The van der Waals surface area contributed by atoms with Crippen LogP contribution in [-0.4, -0.2) is 75.4 Å². The minimum Gasteiger partial charge on any atom is -0.505 e. The van der Waals surface area contributed by atoms with Gasteiger partial charge in [0, 0.05) is 200 Å². The van der Waals surface area contributed by atoms with E-state index < -0.39 is 35.3 Å². The number of hydrogen-bond acceptors (Lipinski definition) is 17. The van der Waals surface area contributed by atoms with Gasteiger partial charge in [0.2, 0.25) is 0 Å². The number of pyridine rings is 10. The van der Waals surface area contributed by atoms with Crippen LogP contribution in [0.25, 0.3) is 54.5 Å². The van der Waals surface area contributed by atoms with Crippen molar-refractivity contribution in [2.45, 2.75) is 82.5 Å². The van der Waals surface area contributed by atoms with Crippen molar-refractivity contribution in [3.8, 4) is 28.7 Å². The molecule has 7 N–H and O–H groups in total. The molecule has 0 aliphatic rings. The maximum Gasteiger partial charge on any atom is 0.417 e. The Bertz CT molecular complexity index is 8350. The summed E-state index contributed by atoms with van der Waals surface area (Å²) in [5.74, 6) is -1.35. The number of phenolic OH excluding ortho intramolecular Hbond substituents is 5. The van der Waals surface area contributed by atoms with E-state index in [1.807, 2.05) is 154 Å². The topological polar surface area (TPSA) is 254 Å². The molecule has 10 aromatic heterocycles. The van der Waals surface area contributed by atoms with E-state index in [9.17, 15) is 47.5 Å². The number of aromatic nitrogens is 10. The number of aryl methyl sites for hydroxylation is 3. The van der Waals surface area contributed by atoms with Crippen LogP contribution in [0.1, 0.15) is 132 Å². The van der Waals surface area contributed by atoms with Gasteiger partial charge in [-0.05, 0) is 186 Å². The Morgan fingerprint density at radius 3 is 1.06 bits per heavy atom. The smallest absolute Gasteiger partial charge is 0.417 e. The highest BCUT2D eigenvalue weighted by atomic mass is 35.5. The average molecular weight is 2260 g/mol. The minimum absolute atomic E-state index is 0. The number of phenols is 5. The summed E-state index contributed by atoms with van der Waals surface area (Å²) in [6, 6.07) is 71.2. The molecule has 0 aliphatic carbocycles. The first kappa shape index (κ1) is 110. The third kappa shape index (κ3) is 26.2. The fourth-order valence-electron chi connectivity index (χ4n) is 17.1. The molecule has 5 unspecified atom stereocenters. The Hall–Kier alpha value is -13.1. The van der Waals surface area contributed by atoms with Gasteiger partial charge in [-0.25, -0.2) is 18.7 Å². The van der Waals surface area contributed by atoms with E-state index in [4.69, 9.17) is 151 Å². The van der Waals surface area contributed by atoms with E-state index in [-0.39, 0.29) is 73.5 Å². The van der Waals surface area contributed by atoms with E-state index in [1.165, 1.54) is 36.8 Å². The van der Waals surface area contributed by atoms with Gasteiger partial charge >= 0.3 is 6.18 Å². The van der Waals surface area contributed by atoms with Crippen LogP contribution in [0.2, 0.25) is 65.3 Å². The van der Waals surface area contributed by atoms with Crippen LogP contribution in [0.15, 0.2) is 311 Å². The normalized spacial score (nSPS) is 12.2. The molecular weight excluding hydrogens is 2180 g/mol. The van der Waals surface area contributed by atoms with Gasteiger partial charge in [0.15, 0.2) is 0 Å². The summed E-state index contributed by atoms with van der Waals surface area (Å²) in [6.07, 6.45) is 11.9. The third-order valence-electron chi connectivity index (χ3n) is 24.5. The van der Waals surface area contributed by atoms with Crippen LogP contribution in [0.3, 0.4) is 0 Å². The van der Waals surface area contributed by atoms with Crippen molar-refractivity contribution in [2.24, 2.45) is 0 Å². The molecule has 0 spiro atoms. The summed E-state index contributed by atoms with van der Waals surface area (Å²) in [5, 5.41) is 71.7. The van der Waals surface area contributed by atoms with Crippen molar-refractivity contribution in [1.29, 1.82) is 0 Å². The summed E-state index contributed by atoms with van der Waals surface area (Å²) >= 11 is 80.0. The SMILES string of the molecule is CCc1cc(Cl)cnc1NC(c1ccc(Cl)cc1)c1ccc2cccnc2c1O.Cc1cc(Cl)cnc1CC(c1ccc(Cl)cc1Cl)c1ccc2cccnc2c1O.Cc1cc(Cl)cnc1NC(c1ccc(Cl)c(F)c1)c1ccc2cccnc2c1O.F.Oc1c(C(Cc2cc(Cl)c(Cl)cn2)c2ccc(Cl)cc2Cl)ccc2cccnc12.Oc1c(C(Cc2ncc(C(F)(F)F)cc2F)c2ccc(Cl)cc2Cl)ccc2cccnc12. The number of alkyl halides is 3. The molecule has 0 amide bonds. The van der Waals surface area contributed by atoms with Gasteiger partial charge in [0.25, 0.3) is 0 Å². The number of halogens is 19. The molecular formula is C113H81Cl13F6N12O5. The second kappa shape index (κ2) is 49.2. The van der Waals surface area contributed by atoms with Crippen LogP contribution in [0.4, 0.5) is 38.3 Å². The number of rotatable bonds is 21. The predicted molar refractivity (Wildman–Crippen MR) is 589 cm³/mol. The number of hydrogen-bond donors (Lipinski definition) is 7. The van der Waals surface area contributed by atoms with E-state index in [2.05, 4.69) is 60.5 Å². The van der Waals surface area contributed by atoms with Gasteiger partial charge in [-0.15, -0.1) is 0 Å². The second-order valence-corrected chi connectivity index (χ2v) is 39.5. The average Bonchev–Trinajstić information content (AvgIpc) is 0.811. The first-order valence-corrected chi connectivity index (χ1v) is 50.2. The van der Waals surface area contributed by atoms with Gasteiger partial charge in [-0.3, -0.25) is 44.6 Å². The molecule has 0 fully saturated rings. The van der Waals surface area contributed by atoms with Crippen molar-refractivity contribution >= 4 is 217 Å². The Morgan fingerprint density at radius 2 is 0.658 bits per heavy atom. The van der Waals surface area contributed by atoms with Gasteiger partial charge in [-0.1, -0.05) is 285 Å². The maximum atomic E-state index is 14.6. The maximum absolute atomic E-state index is 14.6. The number of anilines is 2. The number of nitrogens with one attached hydrogen (secondary N) is 2. The second-order valence-electron chi connectivity index (χ2n) is 34.0. The van der Waals surface area contributed by atoms with Gasteiger partial charge in [-0.2, -0.15) is 13.2 Å². The zero-order chi connectivity index (χ0) is 105. The molecule has 20 rings (SSSR count). The van der Waals surface area contributed by atoms with Crippen molar-refractivity contribution in [3.63, 3.8) is 0 Å². The quantitative estimate of drug-likeness (QED) is 0.0330. The van der Waals surface area contributed by atoms with Crippen molar-refractivity contribution in [1.82, 2.24) is 49.8 Å². The Balaban J connectivity index is 0.000000139. The molecule has 0 radical (unpaired) electrons. The lowest BCUT2D eigenvalue weighted by molar-refractivity contribution is -0.138. The molecule has 20 aromatic rings. The fourth-order valence-corrected chi connectivity index (χ4v) is 19.9. The monoisotopic (exact) mass is 2250 g/mol. The molecule has 0 bridgehead atoms. The third-order valence-corrected chi connectivity index (χ3v) is 28.1.